The van der Waals surface area contributed by atoms with E-state index in [0.717, 1.165) is 5.56 Å². The van der Waals surface area contributed by atoms with Gasteiger partial charge in [-0.25, -0.2) is 9.78 Å². The predicted octanol–water partition coefficient (Wildman–Crippen LogP) is 4.99. The van der Waals surface area contributed by atoms with Gasteiger partial charge in [0.1, 0.15) is 12.2 Å². The minimum atomic E-state index is -0.596. The fraction of sp³-hybridized carbons (Fsp3) is 0.400. The Morgan fingerprint density at radius 2 is 1.96 bits per heavy atom. The maximum atomic E-state index is 12.1. The van der Waals surface area contributed by atoms with Crippen LogP contribution < -0.4 is 10.1 Å². The standard InChI is InChI=1S/C20H24BrClN2O4/c1-20(2,3)28-19(25)24-16(12-26-11-14-7-5-4-6-8-14)13-27-18-17(21)9-15(22)10-23-18/h4-10,16H,11-13H2,1-3H3,(H,24,25). The first-order valence-corrected chi connectivity index (χ1v) is 9.95. The summed E-state index contributed by atoms with van der Waals surface area (Å²) in [5, 5.41) is 3.27. The molecule has 0 bridgehead atoms. The monoisotopic (exact) mass is 470 g/mol. The fourth-order valence-corrected chi connectivity index (χ4v) is 2.94. The first kappa shape index (κ1) is 22.5. The highest BCUT2D eigenvalue weighted by molar-refractivity contribution is 9.10. The summed E-state index contributed by atoms with van der Waals surface area (Å²) in [4.78, 5) is 16.3. The van der Waals surface area contributed by atoms with E-state index in [1.54, 1.807) is 26.8 Å². The van der Waals surface area contributed by atoms with Crippen molar-refractivity contribution < 1.29 is 19.0 Å². The number of amides is 1. The summed E-state index contributed by atoms with van der Waals surface area (Å²) in [5.74, 6) is 0.378. The normalized spacial score (nSPS) is 12.3. The Balaban J connectivity index is 1.94. The third kappa shape index (κ3) is 8.46. The predicted molar refractivity (Wildman–Crippen MR) is 112 cm³/mol. The Kier molecular flexibility index (Phi) is 8.54. The number of carbonyl (C=O) groups excluding carboxylic acids is 1. The SMILES string of the molecule is CC(C)(C)OC(=O)NC(COCc1ccccc1)COc1ncc(Cl)cc1Br. The molecule has 2 aromatic rings. The molecule has 0 fully saturated rings. The lowest BCUT2D eigenvalue weighted by atomic mass is 10.2. The fourth-order valence-electron chi connectivity index (χ4n) is 2.19. The van der Waals surface area contributed by atoms with Crippen LogP contribution in [0.4, 0.5) is 4.79 Å². The zero-order valence-electron chi connectivity index (χ0n) is 16.1. The number of aromatic nitrogens is 1. The van der Waals surface area contributed by atoms with Crippen molar-refractivity contribution in [1.82, 2.24) is 10.3 Å². The number of benzene rings is 1. The van der Waals surface area contributed by atoms with Gasteiger partial charge in [0.25, 0.3) is 0 Å². The van der Waals surface area contributed by atoms with E-state index in [-0.39, 0.29) is 13.2 Å². The first-order valence-electron chi connectivity index (χ1n) is 8.78. The van der Waals surface area contributed by atoms with E-state index >= 15 is 0 Å². The van der Waals surface area contributed by atoms with Crippen LogP contribution in [-0.4, -0.2) is 35.9 Å². The van der Waals surface area contributed by atoms with E-state index in [2.05, 4.69) is 26.2 Å². The van der Waals surface area contributed by atoms with Crippen LogP contribution in [0.5, 0.6) is 5.88 Å². The van der Waals surface area contributed by atoms with Crippen molar-refractivity contribution in [2.75, 3.05) is 13.2 Å². The molecule has 152 valence electrons. The van der Waals surface area contributed by atoms with Crippen molar-refractivity contribution in [3.63, 3.8) is 0 Å². The summed E-state index contributed by atoms with van der Waals surface area (Å²) in [6.07, 6.45) is 0.955. The van der Waals surface area contributed by atoms with Gasteiger partial charge in [0, 0.05) is 6.20 Å². The summed E-state index contributed by atoms with van der Waals surface area (Å²) in [6, 6.07) is 11.0. The third-order valence-electron chi connectivity index (χ3n) is 3.35. The van der Waals surface area contributed by atoms with Gasteiger partial charge in [0.05, 0.1) is 28.8 Å². The largest absolute Gasteiger partial charge is 0.475 e. The minimum Gasteiger partial charge on any atom is -0.475 e. The molecular weight excluding hydrogens is 448 g/mol. The van der Waals surface area contributed by atoms with Gasteiger partial charge < -0.3 is 19.5 Å². The molecule has 0 saturated heterocycles. The van der Waals surface area contributed by atoms with Crippen molar-refractivity contribution in [1.29, 1.82) is 0 Å². The van der Waals surface area contributed by atoms with Gasteiger partial charge in [-0.15, -0.1) is 0 Å². The van der Waals surface area contributed by atoms with Crippen molar-refractivity contribution in [3.05, 3.63) is 57.7 Å². The number of nitrogens with zero attached hydrogens (tertiary/aromatic N) is 1. The number of pyridine rings is 1. The van der Waals surface area contributed by atoms with Crippen molar-refractivity contribution in [3.8, 4) is 5.88 Å². The molecule has 1 amide bonds. The molecule has 0 aliphatic heterocycles. The van der Waals surface area contributed by atoms with Crippen LogP contribution in [-0.2, 0) is 16.1 Å². The van der Waals surface area contributed by atoms with E-state index in [9.17, 15) is 4.79 Å². The van der Waals surface area contributed by atoms with Crippen molar-refractivity contribution in [2.24, 2.45) is 0 Å². The third-order valence-corrected chi connectivity index (χ3v) is 4.12. The number of carbonyl (C=O) groups is 1. The summed E-state index contributed by atoms with van der Waals surface area (Å²) in [6.45, 7) is 6.24. The molecule has 6 nitrogen and oxygen atoms in total. The molecule has 1 aromatic heterocycles. The molecule has 1 aromatic carbocycles. The minimum absolute atomic E-state index is 0.154. The number of ether oxygens (including phenoxy) is 3. The lowest BCUT2D eigenvalue weighted by molar-refractivity contribution is 0.0379. The zero-order valence-corrected chi connectivity index (χ0v) is 18.4. The maximum absolute atomic E-state index is 12.1. The second-order valence-corrected chi connectivity index (χ2v) is 8.39. The van der Waals surface area contributed by atoms with Crippen LogP contribution in [0.25, 0.3) is 0 Å². The quantitative estimate of drug-likeness (QED) is 0.587. The van der Waals surface area contributed by atoms with Crippen LogP contribution in [0.15, 0.2) is 47.1 Å². The van der Waals surface area contributed by atoms with E-state index in [1.165, 1.54) is 6.20 Å². The Bertz CT molecular complexity index is 769. The molecular formula is C20H24BrClN2O4. The molecule has 0 radical (unpaired) electrons. The van der Waals surface area contributed by atoms with E-state index < -0.39 is 17.7 Å². The number of nitrogens with one attached hydrogen (secondary N) is 1. The summed E-state index contributed by atoms with van der Waals surface area (Å²) < 4.78 is 17.4. The highest BCUT2D eigenvalue weighted by atomic mass is 79.9. The lowest BCUT2D eigenvalue weighted by Gasteiger charge is -2.24. The summed E-state index contributed by atoms with van der Waals surface area (Å²) >= 11 is 9.25. The topological polar surface area (TPSA) is 69.7 Å². The van der Waals surface area contributed by atoms with E-state index in [0.29, 0.717) is 22.0 Å². The van der Waals surface area contributed by atoms with E-state index in [1.807, 2.05) is 30.3 Å². The van der Waals surface area contributed by atoms with Crippen LogP contribution in [0.1, 0.15) is 26.3 Å². The Morgan fingerprint density at radius 3 is 2.61 bits per heavy atom. The van der Waals surface area contributed by atoms with Crippen LogP contribution in [0.2, 0.25) is 5.02 Å². The molecule has 1 heterocycles. The van der Waals surface area contributed by atoms with Crippen molar-refractivity contribution in [2.45, 2.75) is 39.0 Å². The second-order valence-electron chi connectivity index (χ2n) is 7.10. The highest BCUT2D eigenvalue weighted by Gasteiger charge is 2.21. The Hall–Kier alpha value is -1.83. The van der Waals surface area contributed by atoms with Crippen molar-refractivity contribution >= 4 is 33.6 Å². The second kappa shape index (κ2) is 10.6. The number of alkyl carbamates (subject to hydrolysis) is 1. The summed E-state index contributed by atoms with van der Waals surface area (Å²) in [5.41, 5.74) is 0.447. The molecule has 8 heteroatoms. The van der Waals surface area contributed by atoms with Gasteiger partial charge in [0.2, 0.25) is 5.88 Å². The lowest BCUT2D eigenvalue weighted by Crippen LogP contribution is -2.44. The molecule has 0 spiro atoms. The number of halogens is 2. The summed E-state index contributed by atoms with van der Waals surface area (Å²) in [7, 11) is 0. The first-order chi connectivity index (χ1) is 13.2. The van der Waals surface area contributed by atoms with Gasteiger partial charge in [-0.3, -0.25) is 0 Å². The van der Waals surface area contributed by atoms with E-state index in [4.69, 9.17) is 25.8 Å². The Labute approximate surface area is 178 Å². The van der Waals surface area contributed by atoms with Gasteiger partial charge in [-0.05, 0) is 48.3 Å². The van der Waals surface area contributed by atoms with Gasteiger partial charge in [-0.1, -0.05) is 41.9 Å². The molecule has 28 heavy (non-hydrogen) atoms. The van der Waals surface area contributed by atoms with Gasteiger partial charge in [-0.2, -0.15) is 0 Å². The molecule has 0 aliphatic carbocycles. The molecule has 2 rings (SSSR count). The maximum Gasteiger partial charge on any atom is 0.408 e. The number of hydrogen-bond acceptors (Lipinski definition) is 5. The van der Waals surface area contributed by atoms with Crippen LogP contribution >= 0.6 is 27.5 Å². The number of hydrogen-bond donors (Lipinski definition) is 1. The molecule has 1 atom stereocenters. The smallest absolute Gasteiger partial charge is 0.408 e. The molecule has 0 saturated carbocycles. The molecule has 0 aliphatic rings. The van der Waals surface area contributed by atoms with Gasteiger partial charge in [0.15, 0.2) is 0 Å². The average molecular weight is 472 g/mol. The Morgan fingerprint density at radius 1 is 1.25 bits per heavy atom. The molecule has 1 unspecified atom stereocenters. The number of rotatable bonds is 8. The molecule has 1 N–H and O–H groups in total. The highest BCUT2D eigenvalue weighted by Crippen LogP contribution is 2.25. The zero-order chi connectivity index (χ0) is 20.6. The average Bonchev–Trinajstić information content (AvgIpc) is 2.60. The van der Waals surface area contributed by atoms with Crippen LogP contribution in [0.3, 0.4) is 0 Å². The van der Waals surface area contributed by atoms with Crippen LogP contribution in [0, 0.1) is 0 Å². The van der Waals surface area contributed by atoms with Gasteiger partial charge >= 0.3 is 6.09 Å².